The Morgan fingerprint density at radius 3 is 2.67 bits per heavy atom. The molecule has 1 heterocycles. The van der Waals surface area contributed by atoms with E-state index in [1.54, 1.807) is 0 Å². The maximum atomic E-state index is 5.76. The van der Waals surface area contributed by atoms with Gasteiger partial charge in [0.05, 0.1) is 0 Å². The van der Waals surface area contributed by atoms with Crippen LogP contribution in [0, 0.1) is 0 Å². The molecule has 2 aromatic rings. The number of hydrogen-bond acceptors (Lipinski definition) is 1. The minimum Gasteiger partial charge on any atom is -0.361 e. The van der Waals surface area contributed by atoms with Gasteiger partial charge in [0.2, 0.25) is 0 Å². The molecule has 2 heteroatoms. The molecule has 0 bridgehead atoms. The number of fused-ring (bicyclic) bond motifs is 1. The first-order valence-corrected chi connectivity index (χ1v) is 5.58. The fourth-order valence-electron chi connectivity index (χ4n) is 1.65. The predicted molar refractivity (Wildman–Crippen MR) is 71.2 cm³/mol. The predicted octanol–water partition coefficient (Wildman–Crippen LogP) is 3.58. The van der Waals surface area contributed by atoms with Crippen molar-refractivity contribution in [3.05, 3.63) is 36.0 Å². The van der Waals surface area contributed by atoms with Gasteiger partial charge in [0.25, 0.3) is 0 Å². The summed E-state index contributed by atoms with van der Waals surface area (Å²) in [6, 6.07) is 8.53. The van der Waals surface area contributed by atoms with Crippen LogP contribution in [-0.2, 0) is 6.42 Å². The van der Waals surface area contributed by atoms with Crippen LogP contribution >= 0.6 is 0 Å². The minimum atomic E-state index is 0. The molecule has 0 aliphatic heterocycles. The van der Waals surface area contributed by atoms with Gasteiger partial charge in [0.1, 0.15) is 0 Å². The molecule has 0 aliphatic carbocycles. The second kappa shape index (κ2) is 5.56. The van der Waals surface area contributed by atoms with E-state index in [0.29, 0.717) is 0 Å². The van der Waals surface area contributed by atoms with Crippen LogP contribution in [0.15, 0.2) is 30.5 Å². The Morgan fingerprint density at radius 2 is 2.00 bits per heavy atom. The van der Waals surface area contributed by atoms with Crippen LogP contribution in [0.2, 0.25) is 0 Å². The number of rotatable bonds is 2. The topological polar surface area (TPSA) is 41.8 Å². The van der Waals surface area contributed by atoms with Gasteiger partial charge in [-0.2, -0.15) is 0 Å². The summed E-state index contributed by atoms with van der Waals surface area (Å²) in [5, 5.41) is 1.29. The van der Waals surface area contributed by atoms with Crippen molar-refractivity contribution < 1.29 is 2.85 Å². The van der Waals surface area contributed by atoms with E-state index in [4.69, 9.17) is 5.73 Å². The number of aromatic nitrogens is 1. The summed E-state index contributed by atoms with van der Waals surface area (Å²) < 4.78 is 0. The van der Waals surface area contributed by atoms with Crippen LogP contribution in [0.25, 0.3) is 10.9 Å². The SMILES string of the molecule is CC.CC(N)Cc1c[nH]c2ccccc12.[HH].[HH]. The monoisotopic (exact) mass is 208 g/mol. The zero-order valence-electron chi connectivity index (χ0n) is 9.75. The molecule has 0 radical (unpaired) electrons. The molecule has 1 atom stereocenters. The number of nitrogens with two attached hydrogens (primary N) is 1. The highest BCUT2D eigenvalue weighted by atomic mass is 14.7. The fourth-order valence-corrected chi connectivity index (χ4v) is 1.65. The molecular formula is C13H24N2. The van der Waals surface area contributed by atoms with Crippen molar-refractivity contribution in [3.8, 4) is 0 Å². The minimum absolute atomic E-state index is 0. The average molecular weight is 208 g/mol. The lowest BCUT2D eigenvalue weighted by molar-refractivity contribution is 0.741. The van der Waals surface area contributed by atoms with Crippen LogP contribution in [-0.4, -0.2) is 11.0 Å². The van der Waals surface area contributed by atoms with Crippen LogP contribution < -0.4 is 5.73 Å². The molecule has 15 heavy (non-hydrogen) atoms. The van der Waals surface area contributed by atoms with Crippen molar-refractivity contribution in [2.45, 2.75) is 33.2 Å². The van der Waals surface area contributed by atoms with Crippen LogP contribution in [0.5, 0.6) is 0 Å². The van der Waals surface area contributed by atoms with Crippen molar-refractivity contribution in [2.75, 3.05) is 0 Å². The van der Waals surface area contributed by atoms with Gasteiger partial charge < -0.3 is 10.7 Å². The third-order valence-corrected chi connectivity index (χ3v) is 2.22. The molecule has 0 saturated heterocycles. The second-order valence-electron chi connectivity index (χ2n) is 3.54. The van der Waals surface area contributed by atoms with E-state index >= 15 is 0 Å². The maximum Gasteiger partial charge on any atom is 0.0456 e. The third-order valence-electron chi connectivity index (χ3n) is 2.22. The lowest BCUT2D eigenvalue weighted by atomic mass is 10.1. The number of hydrogen-bond donors (Lipinski definition) is 2. The number of H-pyrrole nitrogens is 1. The molecule has 0 aliphatic rings. The quantitative estimate of drug-likeness (QED) is 0.778. The third kappa shape index (κ3) is 2.83. The zero-order valence-corrected chi connectivity index (χ0v) is 9.75. The van der Waals surface area contributed by atoms with Crippen molar-refractivity contribution in [3.63, 3.8) is 0 Å². The molecule has 0 amide bonds. The second-order valence-corrected chi connectivity index (χ2v) is 3.54. The molecule has 0 spiro atoms. The average Bonchev–Trinajstić information content (AvgIpc) is 2.64. The van der Waals surface area contributed by atoms with E-state index in [9.17, 15) is 0 Å². The first-order valence-electron chi connectivity index (χ1n) is 5.58. The van der Waals surface area contributed by atoms with Crippen molar-refractivity contribution in [1.29, 1.82) is 0 Å². The van der Waals surface area contributed by atoms with Crippen LogP contribution in [0.1, 0.15) is 29.2 Å². The summed E-state index contributed by atoms with van der Waals surface area (Å²) in [5.41, 5.74) is 8.26. The summed E-state index contributed by atoms with van der Waals surface area (Å²) in [7, 11) is 0. The Hall–Kier alpha value is -1.28. The van der Waals surface area contributed by atoms with Crippen molar-refractivity contribution >= 4 is 10.9 Å². The standard InChI is InChI=1S/C11H14N2.C2H6.2H2/c1-8(12)6-9-7-13-11-5-3-2-4-10(9)11;1-2;;/h2-5,7-8,13H,6,12H2,1H3;1-2H3;2*1H. The number of nitrogens with one attached hydrogen (secondary N) is 1. The van der Waals surface area contributed by atoms with Gasteiger partial charge in [0, 0.05) is 26.0 Å². The first-order chi connectivity index (χ1) is 7.27. The number of benzene rings is 1. The van der Waals surface area contributed by atoms with Gasteiger partial charge in [-0.15, -0.1) is 0 Å². The van der Waals surface area contributed by atoms with Crippen molar-refractivity contribution in [1.82, 2.24) is 4.98 Å². The molecule has 3 N–H and O–H groups in total. The summed E-state index contributed by atoms with van der Waals surface area (Å²) >= 11 is 0. The van der Waals surface area contributed by atoms with E-state index in [1.807, 2.05) is 33.0 Å². The van der Waals surface area contributed by atoms with Gasteiger partial charge in [-0.05, 0) is 25.0 Å². The molecule has 0 fully saturated rings. The normalized spacial score (nSPS) is 12.0. The Morgan fingerprint density at radius 1 is 1.33 bits per heavy atom. The van der Waals surface area contributed by atoms with Crippen LogP contribution in [0.4, 0.5) is 0 Å². The number of para-hydroxylation sites is 1. The summed E-state index contributed by atoms with van der Waals surface area (Å²) in [5.74, 6) is 0. The Labute approximate surface area is 94.5 Å². The summed E-state index contributed by atoms with van der Waals surface area (Å²) in [4.78, 5) is 3.24. The largest absolute Gasteiger partial charge is 0.361 e. The van der Waals surface area contributed by atoms with Gasteiger partial charge in [0.15, 0.2) is 0 Å². The van der Waals surface area contributed by atoms with Crippen LogP contribution in [0.3, 0.4) is 0 Å². The van der Waals surface area contributed by atoms with Gasteiger partial charge >= 0.3 is 0 Å². The molecule has 86 valence electrons. The van der Waals surface area contributed by atoms with E-state index in [2.05, 4.69) is 23.2 Å². The highest BCUT2D eigenvalue weighted by Crippen LogP contribution is 2.18. The molecule has 2 nitrogen and oxygen atoms in total. The van der Waals surface area contributed by atoms with Gasteiger partial charge in [-0.1, -0.05) is 32.0 Å². The molecule has 2 rings (SSSR count). The Balaban J connectivity index is 0. The zero-order chi connectivity index (χ0) is 11.3. The lowest BCUT2D eigenvalue weighted by Crippen LogP contribution is -2.17. The molecule has 1 aromatic heterocycles. The van der Waals surface area contributed by atoms with E-state index in [1.165, 1.54) is 16.5 Å². The fraction of sp³-hybridized carbons (Fsp3) is 0.385. The number of aromatic amines is 1. The molecule has 1 unspecified atom stereocenters. The highest BCUT2D eigenvalue weighted by molar-refractivity contribution is 5.83. The maximum absolute atomic E-state index is 5.76. The summed E-state index contributed by atoms with van der Waals surface area (Å²) in [6.07, 6.45) is 2.98. The van der Waals surface area contributed by atoms with E-state index in [0.717, 1.165) is 6.42 Å². The lowest BCUT2D eigenvalue weighted by Gasteiger charge is -2.02. The first kappa shape index (κ1) is 11.8. The van der Waals surface area contributed by atoms with Crippen molar-refractivity contribution in [2.24, 2.45) is 5.73 Å². The smallest absolute Gasteiger partial charge is 0.0456 e. The highest BCUT2D eigenvalue weighted by Gasteiger charge is 2.03. The molecule has 1 aromatic carbocycles. The Bertz CT molecular complexity index is 410. The van der Waals surface area contributed by atoms with Gasteiger partial charge in [-0.3, -0.25) is 0 Å². The summed E-state index contributed by atoms with van der Waals surface area (Å²) in [6.45, 7) is 6.03. The van der Waals surface area contributed by atoms with E-state index < -0.39 is 0 Å². The van der Waals surface area contributed by atoms with E-state index in [-0.39, 0.29) is 8.90 Å². The molecule has 0 saturated carbocycles. The molecular weight excluding hydrogens is 184 g/mol. The van der Waals surface area contributed by atoms with Gasteiger partial charge in [-0.25, -0.2) is 0 Å². The Kier molecular flexibility index (Phi) is 4.37.